The van der Waals surface area contributed by atoms with Crippen molar-refractivity contribution in [1.82, 2.24) is 4.90 Å². The first-order valence-corrected chi connectivity index (χ1v) is 8.69. The first-order valence-electron chi connectivity index (χ1n) is 7.53. The summed E-state index contributed by atoms with van der Waals surface area (Å²) in [6.45, 7) is 9.54. The molecule has 21 heavy (non-hydrogen) atoms. The topological polar surface area (TPSA) is 58.4 Å². The molecule has 0 aliphatic rings. The molecule has 0 heterocycles. The highest BCUT2D eigenvalue weighted by Crippen LogP contribution is 2.20. The van der Waals surface area contributed by atoms with Gasteiger partial charge in [0.05, 0.1) is 0 Å². The molecule has 0 aromatic heterocycles. The van der Waals surface area contributed by atoms with E-state index in [2.05, 4.69) is 24.1 Å². The van der Waals surface area contributed by atoms with Crippen molar-refractivity contribution in [3.8, 4) is 0 Å². The number of amides is 1. The normalized spacial score (nSPS) is 10.9. The fraction of sp³-hybridized carbons (Fsp3) is 0.562. The summed E-state index contributed by atoms with van der Waals surface area (Å²) in [5.41, 5.74) is 8.28. The van der Waals surface area contributed by atoms with Crippen LogP contribution in [0.2, 0.25) is 0 Å². The molecule has 3 N–H and O–H groups in total. The molecule has 0 saturated heterocycles. The number of nitrogens with one attached hydrogen (secondary N) is 1. The lowest BCUT2D eigenvalue weighted by Crippen LogP contribution is -2.25. The Morgan fingerprint density at radius 1 is 1.29 bits per heavy atom. The van der Waals surface area contributed by atoms with Crippen molar-refractivity contribution >= 4 is 29.0 Å². The minimum absolute atomic E-state index is 0.0547. The number of thioether (sulfide) groups is 1. The third-order valence-corrected chi connectivity index (χ3v) is 4.53. The number of rotatable bonds is 9. The maximum absolute atomic E-state index is 11.9. The number of carbonyl (C=O) groups is 1. The fourth-order valence-electron chi connectivity index (χ4n) is 2.00. The number of hydrogen-bond acceptors (Lipinski definition) is 4. The lowest BCUT2D eigenvalue weighted by atomic mass is 10.1. The largest absolute Gasteiger partial charge is 0.398 e. The molecule has 1 aromatic carbocycles. The molecule has 0 aliphatic carbocycles. The molecule has 1 amide bonds. The summed E-state index contributed by atoms with van der Waals surface area (Å²) in [5, 5.41) is 2.93. The number of nitrogens with two attached hydrogens (primary N) is 1. The van der Waals surface area contributed by atoms with Gasteiger partial charge in [-0.2, -0.15) is 11.8 Å². The third-order valence-electron chi connectivity index (χ3n) is 3.57. The van der Waals surface area contributed by atoms with Gasteiger partial charge in [-0.05, 0) is 37.7 Å². The smallest absolute Gasteiger partial charge is 0.225 e. The van der Waals surface area contributed by atoms with E-state index in [0.717, 1.165) is 42.4 Å². The second kappa shape index (κ2) is 9.68. The molecule has 0 bridgehead atoms. The van der Waals surface area contributed by atoms with Crippen LogP contribution in [0, 0.1) is 6.92 Å². The molecule has 0 saturated carbocycles. The van der Waals surface area contributed by atoms with E-state index in [1.54, 1.807) is 0 Å². The zero-order chi connectivity index (χ0) is 15.7. The second-order valence-corrected chi connectivity index (χ2v) is 6.18. The minimum Gasteiger partial charge on any atom is -0.398 e. The van der Waals surface area contributed by atoms with Crippen molar-refractivity contribution in [2.75, 3.05) is 42.2 Å². The van der Waals surface area contributed by atoms with Gasteiger partial charge in [-0.15, -0.1) is 0 Å². The Labute approximate surface area is 132 Å². The number of benzene rings is 1. The van der Waals surface area contributed by atoms with Gasteiger partial charge >= 0.3 is 0 Å². The van der Waals surface area contributed by atoms with Crippen molar-refractivity contribution in [1.29, 1.82) is 0 Å². The van der Waals surface area contributed by atoms with E-state index in [4.69, 9.17) is 5.73 Å². The van der Waals surface area contributed by atoms with Crippen molar-refractivity contribution in [3.63, 3.8) is 0 Å². The lowest BCUT2D eigenvalue weighted by Gasteiger charge is -2.17. The van der Waals surface area contributed by atoms with Crippen molar-refractivity contribution < 1.29 is 4.79 Å². The SMILES string of the molecule is CCN(CC)CCSCCC(=O)Nc1cccc(N)c1C. The van der Waals surface area contributed by atoms with Gasteiger partial charge in [0.15, 0.2) is 0 Å². The number of carbonyl (C=O) groups excluding carboxylic acids is 1. The molecule has 0 fully saturated rings. The zero-order valence-electron chi connectivity index (χ0n) is 13.3. The van der Waals surface area contributed by atoms with E-state index in [-0.39, 0.29) is 5.91 Å². The molecule has 0 spiro atoms. The van der Waals surface area contributed by atoms with Gasteiger partial charge in [0.25, 0.3) is 0 Å². The van der Waals surface area contributed by atoms with Crippen LogP contribution in [0.4, 0.5) is 11.4 Å². The Morgan fingerprint density at radius 2 is 2.00 bits per heavy atom. The van der Waals surface area contributed by atoms with Crippen LogP contribution in [-0.4, -0.2) is 41.9 Å². The average molecular weight is 309 g/mol. The summed E-state index contributed by atoms with van der Waals surface area (Å²) < 4.78 is 0. The molecule has 0 aliphatic heterocycles. The number of anilines is 2. The summed E-state index contributed by atoms with van der Waals surface area (Å²) in [7, 11) is 0. The van der Waals surface area contributed by atoms with E-state index in [1.165, 1.54) is 0 Å². The van der Waals surface area contributed by atoms with Crippen LogP contribution < -0.4 is 11.1 Å². The highest BCUT2D eigenvalue weighted by Gasteiger charge is 2.06. The van der Waals surface area contributed by atoms with Gasteiger partial charge in [-0.3, -0.25) is 4.79 Å². The highest BCUT2D eigenvalue weighted by molar-refractivity contribution is 7.99. The molecule has 118 valence electrons. The van der Waals surface area contributed by atoms with Crippen LogP contribution in [-0.2, 0) is 4.79 Å². The number of hydrogen-bond donors (Lipinski definition) is 2. The van der Waals surface area contributed by atoms with Gasteiger partial charge in [0, 0.05) is 35.8 Å². The van der Waals surface area contributed by atoms with Crippen LogP contribution in [0.15, 0.2) is 18.2 Å². The maximum Gasteiger partial charge on any atom is 0.225 e. The second-order valence-electron chi connectivity index (χ2n) is 4.96. The molecular formula is C16H27N3OS. The van der Waals surface area contributed by atoms with Gasteiger partial charge in [0.2, 0.25) is 5.91 Å². The summed E-state index contributed by atoms with van der Waals surface area (Å²) in [6.07, 6.45) is 0.539. The quantitative estimate of drug-likeness (QED) is 0.544. The third kappa shape index (κ3) is 6.40. The van der Waals surface area contributed by atoms with Gasteiger partial charge < -0.3 is 16.0 Å². The summed E-state index contributed by atoms with van der Waals surface area (Å²) >= 11 is 1.83. The molecular weight excluding hydrogens is 282 g/mol. The molecule has 4 nitrogen and oxygen atoms in total. The Balaban J connectivity index is 2.24. The summed E-state index contributed by atoms with van der Waals surface area (Å²) in [6, 6.07) is 5.59. The number of nitrogen functional groups attached to an aromatic ring is 1. The fourth-order valence-corrected chi connectivity index (χ4v) is 2.92. The molecule has 0 unspecified atom stereocenters. The molecule has 1 rings (SSSR count). The van der Waals surface area contributed by atoms with Crippen molar-refractivity contribution in [2.45, 2.75) is 27.2 Å². The lowest BCUT2D eigenvalue weighted by molar-refractivity contribution is -0.115. The van der Waals surface area contributed by atoms with E-state index in [9.17, 15) is 4.79 Å². The maximum atomic E-state index is 11.9. The van der Waals surface area contributed by atoms with E-state index in [0.29, 0.717) is 12.1 Å². The Morgan fingerprint density at radius 3 is 2.67 bits per heavy atom. The first kappa shape index (κ1) is 17.9. The van der Waals surface area contributed by atoms with E-state index >= 15 is 0 Å². The highest BCUT2D eigenvalue weighted by atomic mass is 32.2. The first-order chi connectivity index (χ1) is 10.1. The zero-order valence-corrected chi connectivity index (χ0v) is 14.1. The summed E-state index contributed by atoms with van der Waals surface area (Å²) in [5.74, 6) is 1.99. The van der Waals surface area contributed by atoms with Crippen molar-refractivity contribution in [3.05, 3.63) is 23.8 Å². The monoisotopic (exact) mass is 309 g/mol. The van der Waals surface area contributed by atoms with E-state index < -0.39 is 0 Å². The molecule has 1 aromatic rings. The van der Waals surface area contributed by atoms with Gasteiger partial charge in [-0.1, -0.05) is 19.9 Å². The van der Waals surface area contributed by atoms with Gasteiger partial charge in [-0.25, -0.2) is 0 Å². The molecule has 0 atom stereocenters. The minimum atomic E-state index is 0.0547. The van der Waals surface area contributed by atoms with Crippen LogP contribution in [0.25, 0.3) is 0 Å². The predicted molar refractivity (Wildman–Crippen MR) is 94.0 cm³/mol. The van der Waals surface area contributed by atoms with E-state index in [1.807, 2.05) is 36.9 Å². The van der Waals surface area contributed by atoms with Crippen LogP contribution >= 0.6 is 11.8 Å². The molecule has 5 heteroatoms. The standard InChI is InChI=1S/C16H27N3OS/c1-4-19(5-2)10-12-21-11-9-16(20)18-15-8-6-7-14(17)13(15)3/h6-8H,4-5,9-12,17H2,1-3H3,(H,18,20). The Bertz CT molecular complexity index is 447. The summed E-state index contributed by atoms with van der Waals surface area (Å²) in [4.78, 5) is 14.3. The van der Waals surface area contributed by atoms with Crippen LogP contribution in [0.3, 0.4) is 0 Å². The van der Waals surface area contributed by atoms with Crippen molar-refractivity contribution in [2.24, 2.45) is 0 Å². The Kier molecular flexibility index (Phi) is 8.23. The van der Waals surface area contributed by atoms with Crippen LogP contribution in [0.1, 0.15) is 25.8 Å². The van der Waals surface area contributed by atoms with Crippen LogP contribution in [0.5, 0.6) is 0 Å². The Hall–Kier alpha value is -1.20. The molecule has 0 radical (unpaired) electrons. The predicted octanol–water partition coefficient (Wildman–Crippen LogP) is 2.98. The average Bonchev–Trinajstić information content (AvgIpc) is 2.48. The number of nitrogens with zero attached hydrogens (tertiary/aromatic N) is 1. The van der Waals surface area contributed by atoms with Gasteiger partial charge in [0.1, 0.15) is 0 Å².